The molecule has 1 fully saturated rings. The lowest BCUT2D eigenvalue weighted by Crippen LogP contribution is -2.36. The number of hydrogen-bond acceptors (Lipinski definition) is 3. The van der Waals surface area contributed by atoms with Crippen molar-refractivity contribution in [2.75, 3.05) is 0 Å². The molecule has 0 unspecified atom stereocenters. The van der Waals surface area contributed by atoms with Gasteiger partial charge < -0.3 is 5.32 Å². The first kappa shape index (κ1) is 12.5. The summed E-state index contributed by atoms with van der Waals surface area (Å²) >= 11 is 5.34. The molecule has 2 aliphatic rings. The Bertz CT molecular complexity index is 461. The summed E-state index contributed by atoms with van der Waals surface area (Å²) in [5, 5.41) is 4.72. The number of nitrogens with one attached hydrogen (secondary N) is 1. The average Bonchev–Trinajstić information content (AvgIpc) is 2.79. The molecule has 4 heteroatoms. The standard InChI is InChI=1S/C14H17BrN2S/c15-11-5-3-4-10(8-11)9-18-14-16-12-6-1-2-7-13(12)17-14/h3-5,8,12-13H,1-2,6-7,9H2,(H,16,17)/t12-,13-/m0/s1. The fourth-order valence-electron chi connectivity index (χ4n) is 2.64. The molecule has 0 aromatic heterocycles. The normalized spacial score (nSPS) is 26.4. The van der Waals surface area contributed by atoms with Crippen molar-refractivity contribution in [3.8, 4) is 0 Å². The minimum atomic E-state index is 0.545. The number of hydrogen-bond donors (Lipinski definition) is 1. The Morgan fingerprint density at radius 2 is 2.22 bits per heavy atom. The van der Waals surface area contributed by atoms with E-state index in [9.17, 15) is 0 Å². The van der Waals surface area contributed by atoms with E-state index < -0.39 is 0 Å². The molecular formula is C14H17BrN2S. The Balaban J connectivity index is 1.58. The summed E-state index contributed by atoms with van der Waals surface area (Å²) < 4.78 is 1.15. The fraction of sp³-hybridized carbons (Fsp3) is 0.500. The number of benzene rings is 1. The zero-order chi connectivity index (χ0) is 12.4. The van der Waals surface area contributed by atoms with Crippen LogP contribution in [0.3, 0.4) is 0 Å². The molecule has 18 heavy (non-hydrogen) atoms. The van der Waals surface area contributed by atoms with Crippen molar-refractivity contribution in [3.63, 3.8) is 0 Å². The molecule has 3 rings (SSSR count). The van der Waals surface area contributed by atoms with Gasteiger partial charge in [-0.25, -0.2) is 0 Å². The summed E-state index contributed by atoms with van der Waals surface area (Å²) in [6, 6.07) is 9.65. The number of halogens is 1. The van der Waals surface area contributed by atoms with E-state index in [1.165, 1.54) is 31.2 Å². The lowest BCUT2D eigenvalue weighted by molar-refractivity contribution is 0.385. The highest BCUT2D eigenvalue weighted by molar-refractivity contribution is 9.10. The third kappa shape index (κ3) is 2.91. The first-order chi connectivity index (χ1) is 8.81. The number of aliphatic imine (C=N–C) groups is 1. The van der Waals surface area contributed by atoms with Crippen molar-refractivity contribution >= 4 is 32.9 Å². The van der Waals surface area contributed by atoms with Gasteiger partial charge in [0.15, 0.2) is 5.17 Å². The van der Waals surface area contributed by atoms with Gasteiger partial charge in [0, 0.05) is 10.2 Å². The van der Waals surface area contributed by atoms with E-state index in [0.717, 1.165) is 15.4 Å². The van der Waals surface area contributed by atoms with Crippen molar-refractivity contribution in [2.45, 2.75) is 43.5 Å². The van der Waals surface area contributed by atoms with Crippen LogP contribution in [0.4, 0.5) is 0 Å². The van der Waals surface area contributed by atoms with E-state index in [0.29, 0.717) is 12.1 Å². The number of thioether (sulfide) groups is 1. The molecule has 0 amide bonds. The van der Waals surface area contributed by atoms with Crippen LogP contribution in [-0.2, 0) is 5.75 Å². The predicted octanol–water partition coefficient (Wildman–Crippen LogP) is 3.95. The summed E-state index contributed by atoms with van der Waals surface area (Å²) in [6.07, 6.45) is 5.25. The molecule has 0 radical (unpaired) electrons. The molecule has 1 aromatic carbocycles. The molecule has 96 valence electrons. The van der Waals surface area contributed by atoms with Crippen LogP contribution >= 0.6 is 27.7 Å². The van der Waals surface area contributed by atoms with Crippen LogP contribution in [0.25, 0.3) is 0 Å². The molecule has 0 spiro atoms. The Hall–Kier alpha value is -0.480. The van der Waals surface area contributed by atoms with Crippen LogP contribution in [0.1, 0.15) is 31.2 Å². The summed E-state index contributed by atoms with van der Waals surface area (Å²) in [7, 11) is 0. The fourth-order valence-corrected chi connectivity index (χ4v) is 4.01. The first-order valence-corrected chi connectivity index (χ1v) is 8.31. The molecule has 1 N–H and O–H groups in total. The number of rotatable bonds is 2. The highest BCUT2D eigenvalue weighted by Gasteiger charge is 2.30. The Labute approximate surface area is 121 Å². The zero-order valence-corrected chi connectivity index (χ0v) is 12.6. The topological polar surface area (TPSA) is 24.4 Å². The van der Waals surface area contributed by atoms with E-state index in [2.05, 4.69) is 45.5 Å². The molecule has 2 nitrogen and oxygen atoms in total. The number of amidine groups is 1. The van der Waals surface area contributed by atoms with Gasteiger partial charge in [-0.3, -0.25) is 4.99 Å². The molecule has 1 saturated carbocycles. The highest BCUT2D eigenvalue weighted by atomic mass is 79.9. The van der Waals surface area contributed by atoms with Gasteiger partial charge in [0.2, 0.25) is 0 Å². The Morgan fingerprint density at radius 3 is 3.06 bits per heavy atom. The molecule has 0 saturated heterocycles. The molecule has 1 aromatic rings. The molecule has 0 bridgehead atoms. The summed E-state index contributed by atoms with van der Waals surface area (Å²) in [6.45, 7) is 0. The second-order valence-electron chi connectivity index (χ2n) is 4.96. The van der Waals surface area contributed by atoms with Gasteiger partial charge in [0.1, 0.15) is 0 Å². The number of fused-ring (bicyclic) bond motifs is 1. The van der Waals surface area contributed by atoms with Gasteiger partial charge in [0.25, 0.3) is 0 Å². The SMILES string of the molecule is Brc1cccc(CSC2=N[C@H]3CCCC[C@@H]3N2)c1. The van der Waals surface area contributed by atoms with E-state index >= 15 is 0 Å². The second-order valence-corrected chi connectivity index (χ2v) is 6.84. The largest absolute Gasteiger partial charge is 0.360 e. The minimum Gasteiger partial charge on any atom is -0.360 e. The van der Waals surface area contributed by atoms with Crippen molar-refractivity contribution in [1.29, 1.82) is 0 Å². The Kier molecular flexibility index (Phi) is 3.94. The van der Waals surface area contributed by atoms with Gasteiger partial charge in [0.05, 0.1) is 12.1 Å². The van der Waals surface area contributed by atoms with Crippen molar-refractivity contribution in [1.82, 2.24) is 5.32 Å². The van der Waals surface area contributed by atoms with Gasteiger partial charge in [-0.1, -0.05) is 52.7 Å². The predicted molar refractivity (Wildman–Crippen MR) is 82.1 cm³/mol. The molecular weight excluding hydrogens is 308 g/mol. The number of nitrogens with zero attached hydrogens (tertiary/aromatic N) is 1. The third-order valence-corrected chi connectivity index (χ3v) is 5.05. The van der Waals surface area contributed by atoms with Crippen LogP contribution in [0, 0.1) is 0 Å². The zero-order valence-electron chi connectivity index (χ0n) is 10.2. The van der Waals surface area contributed by atoms with E-state index in [-0.39, 0.29) is 0 Å². The Morgan fingerprint density at radius 1 is 1.33 bits per heavy atom. The maximum Gasteiger partial charge on any atom is 0.157 e. The van der Waals surface area contributed by atoms with Gasteiger partial charge in [-0.05, 0) is 30.5 Å². The summed E-state index contributed by atoms with van der Waals surface area (Å²) in [5.74, 6) is 0.991. The van der Waals surface area contributed by atoms with Crippen LogP contribution in [0.2, 0.25) is 0 Å². The van der Waals surface area contributed by atoms with Crippen molar-refractivity contribution < 1.29 is 0 Å². The maximum atomic E-state index is 4.80. The van der Waals surface area contributed by atoms with Crippen LogP contribution in [0.5, 0.6) is 0 Å². The van der Waals surface area contributed by atoms with E-state index in [1.807, 2.05) is 11.8 Å². The lowest BCUT2D eigenvalue weighted by atomic mass is 9.92. The second kappa shape index (κ2) is 5.66. The van der Waals surface area contributed by atoms with Crippen LogP contribution in [-0.4, -0.2) is 17.3 Å². The van der Waals surface area contributed by atoms with E-state index in [1.54, 1.807) is 0 Å². The van der Waals surface area contributed by atoms with E-state index in [4.69, 9.17) is 4.99 Å². The first-order valence-electron chi connectivity index (χ1n) is 6.53. The van der Waals surface area contributed by atoms with Gasteiger partial charge >= 0.3 is 0 Å². The average molecular weight is 325 g/mol. The van der Waals surface area contributed by atoms with Crippen LogP contribution < -0.4 is 5.32 Å². The highest BCUT2D eigenvalue weighted by Crippen LogP contribution is 2.28. The van der Waals surface area contributed by atoms with Crippen molar-refractivity contribution in [2.24, 2.45) is 4.99 Å². The molecule has 1 aliphatic carbocycles. The smallest absolute Gasteiger partial charge is 0.157 e. The van der Waals surface area contributed by atoms with Crippen molar-refractivity contribution in [3.05, 3.63) is 34.3 Å². The van der Waals surface area contributed by atoms with Gasteiger partial charge in [-0.15, -0.1) is 0 Å². The molecule has 1 heterocycles. The minimum absolute atomic E-state index is 0.545. The van der Waals surface area contributed by atoms with Gasteiger partial charge in [-0.2, -0.15) is 0 Å². The lowest BCUT2D eigenvalue weighted by Gasteiger charge is -2.23. The monoisotopic (exact) mass is 324 g/mol. The third-order valence-electron chi connectivity index (χ3n) is 3.59. The molecule has 1 aliphatic heterocycles. The molecule has 2 atom stereocenters. The summed E-state index contributed by atoms with van der Waals surface area (Å²) in [4.78, 5) is 4.80. The quantitative estimate of drug-likeness (QED) is 0.890. The maximum absolute atomic E-state index is 4.80. The summed E-state index contributed by atoms with van der Waals surface area (Å²) in [5.41, 5.74) is 1.34. The van der Waals surface area contributed by atoms with Crippen LogP contribution in [0.15, 0.2) is 33.7 Å².